The van der Waals surface area contributed by atoms with Crippen molar-refractivity contribution < 1.29 is 14.3 Å². The first-order valence-electron chi connectivity index (χ1n) is 7.69. The molecule has 0 bridgehead atoms. The van der Waals surface area contributed by atoms with Crippen LogP contribution >= 0.6 is 0 Å². The van der Waals surface area contributed by atoms with Gasteiger partial charge < -0.3 is 14.8 Å². The number of carbonyl (C=O) groups is 1. The van der Waals surface area contributed by atoms with E-state index in [0.717, 1.165) is 29.0 Å². The number of ether oxygens (including phenoxy) is 2. The summed E-state index contributed by atoms with van der Waals surface area (Å²) < 4.78 is 11.2. The molecule has 4 heteroatoms. The van der Waals surface area contributed by atoms with E-state index in [1.165, 1.54) is 6.08 Å². The van der Waals surface area contributed by atoms with Gasteiger partial charge in [-0.05, 0) is 35.6 Å². The van der Waals surface area contributed by atoms with Crippen LogP contribution in [0, 0.1) is 0 Å². The maximum absolute atomic E-state index is 11.4. The number of rotatable bonds is 10. The average molecular weight is 313 g/mol. The number of benzene rings is 1. The SMILES string of the molecule is C=CCc1cc(CNC(=O)C=C)cc(CC=C)c1OCC1CO1. The third kappa shape index (κ3) is 5.11. The quantitative estimate of drug-likeness (QED) is 0.410. The summed E-state index contributed by atoms with van der Waals surface area (Å²) in [6.45, 7) is 12.9. The third-order valence-corrected chi connectivity index (χ3v) is 3.50. The number of hydrogen-bond acceptors (Lipinski definition) is 3. The van der Waals surface area contributed by atoms with Crippen LogP contribution in [0.25, 0.3) is 0 Å². The van der Waals surface area contributed by atoms with Gasteiger partial charge >= 0.3 is 0 Å². The maximum Gasteiger partial charge on any atom is 0.243 e. The van der Waals surface area contributed by atoms with Gasteiger partial charge in [-0.15, -0.1) is 13.2 Å². The van der Waals surface area contributed by atoms with Gasteiger partial charge in [-0.2, -0.15) is 0 Å². The van der Waals surface area contributed by atoms with E-state index in [9.17, 15) is 4.79 Å². The molecule has 1 amide bonds. The standard InChI is InChI=1S/C19H23NO3/c1-4-7-15-9-14(11-20-18(21)6-3)10-16(8-5-2)19(15)23-13-17-12-22-17/h4-6,9-10,17H,1-3,7-8,11-13H2,(H,20,21). The van der Waals surface area contributed by atoms with Gasteiger partial charge in [0.2, 0.25) is 5.91 Å². The van der Waals surface area contributed by atoms with Crippen LogP contribution in [-0.2, 0) is 28.9 Å². The zero-order valence-electron chi connectivity index (χ0n) is 13.3. The second kappa shape index (κ2) is 8.34. The summed E-state index contributed by atoms with van der Waals surface area (Å²) >= 11 is 0. The summed E-state index contributed by atoms with van der Waals surface area (Å²) in [5, 5.41) is 2.80. The Hall–Kier alpha value is -2.33. The molecular formula is C19H23NO3. The number of amides is 1. The van der Waals surface area contributed by atoms with Crippen molar-refractivity contribution in [2.75, 3.05) is 13.2 Å². The lowest BCUT2D eigenvalue weighted by Gasteiger charge is -2.17. The number of allylic oxidation sites excluding steroid dienone is 2. The van der Waals surface area contributed by atoms with Gasteiger partial charge in [0, 0.05) is 6.54 Å². The van der Waals surface area contributed by atoms with Crippen molar-refractivity contribution >= 4 is 5.91 Å². The fraction of sp³-hybridized carbons (Fsp3) is 0.316. The van der Waals surface area contributed by atoms with Crippen LogP contribution in [0.2, 0.25) is 0 Å². The summed E-state index contributed by atoms with van der Waals surface area (Å²) in [7, 11) is 0. The van der Waals surface area contributed by atoms with Gasteiger partial charge in [-0.3, -0.25) is 4.79 Å². The smallest absolute Gasteiger partial charge is 0.243 e. The van der Waals surface area contributed by atoms with Crippen LogP contribution in [0.15, 0.2) is 50.1 Å². The highest BCUT2D eigenvalue weighted by atomic mass is 16.6. The topological polar surface area (TPSA) is 50.9 Å². The molecule has 0 saturated carbocycles. The van der Waals surface area contributed by atoms with E-state index in [1.807, 2.05) is 24.3 Å². The zero-order chi connectivity index (χ0) is 16.7. The molecule has 0 aliphatic carbocycles. The van der Waals surface area contributed by atoms with Crippen molar-refractivity contribution in [2.24, 2.45) is 0 Å². The van der Waals surface area contributed by atoms with Crippen molar-refractivity contribution in [1.82, 2.24) is 5.32 Å². The lowest BCUT2D eigenvalue weighted by atomic mass is 9.99. The van der Waals surface area contributed by atoms with Crippen LogP contribution < -0.4 is 10.1 Å². The van der Waals surface area contributed by atoms with Crippen LogP contribution in [-0.4, -0.2) is 25.2 Å². The average Bonchev–Trinajstić information content (AvgIpc) is 3.36. The van der Waals surface area contributed by atoms with E-state index in [-0.39, 0.29) is 12.0 Å². The summed E-state index contributed by atoms with van der Waals surface area (Å²) in [4.78, 5) is 11.4. The lowest BCUT2D eigenvalue weighted by Crippen LogP contribution is -2.20. The summed E-state index contributed by atoms with van der Waals surface area (Å²) in [5.74, 6) is 0.686. The molecule has 1 heterocycles. The van der Waals surface area contributed by atoms with E-state index in [1.54, 1.807) is 0 Å². The fourth-order valence-corrected chi connectivity index (χ4v) is 2.33. The normalized spacial score (nSPS) is 15.6. The second-order valence-corrected chi connectivity index (χ2v) is 5.42. The monoisotopic (exact) mass is 313 g/mol. The van der Waals surface area contributed by atoms with Gasteiger partial charge in [-0.1, -0.05) is 30.9 Å². The minimum absolute atomic E-state index is 0.188. The first-order chi connectivity index (χ1) is 11.2. The molecule has 1 aliphatic heterocycles. The Bertz CT molecular complexity index is 572. The van der Waals surface area contributed by atoms with E-state index in [2.05, 4.69) is 25.1 Å². The second-order valence-electron chi connectivity index (χ2n) is 5.42. The molecule has 23 heavy (non-hydrogen) atoms. The molecule has 1 aliphatic rings. The molecule has 0 radical (unpaired) electrons. The van der Waals surface area contributed by atoms with Crippen LogP contribution in [0.1, 0.15) is 16.7 Å². The van der Waals surface area contributed by atoms with E-state index in [4.69, 9.17) is 9.47 Å². The molecular weight excluding hydrogens is 290 g/mol. The number of nitrogens with one attached hydrogen (secondary N) is 1. The lowest BCUT2D eigenvalue weighted by molar-refractivity contribution is -0.116. The van der Waals surface area contributed by atoms with Crippen LogP contribution in [0.5, 0.6) is 5.75 Å². The predicted molar refractivity (Wildman–Crippen MR) is 91.5 cm³/mol. The van der Waals surface area contributed by atoms with Crippen LogP contribution in [0.4, 0.5) is 0 Å². The molecule has 1 saturated heterocycles. The largest absolute Gasteiger partial charge is 0.490 e. The Morgan fingerprint density at radius 3 is 2.35 bits per heavy atom. The highest BCUT2D eigenvalue weighted by Gasteiger charge is 2.24. The predicted octanol–water partition coefficient (Wildman–Crippen LogP) is 2.72. The minimum Gasteiger partial charge on any atom is -0.490 e. The van der Waals surface area contributed by atoms with E-state index < -0.39 is 0 Å². The molecule has 1 N–H and O–H groups in total. The molecule has 1 aromatic carbocycles. The van der Waals surface area contributed by atoms with Gasteiger partial charge in [0.25, 0.3) is 0 Å². The third-order valence-electron chi connectivity index (χ3n) is 3.50. The van der Waals surface area contributed by atoms with Crippen molar-refractivity contribution in [1.29, 1.82) is 0 Å². The van der Waals surface area contributed by atoms with Crippen LogP contribution in [0.3, 0.4) is 0 Å². The Labute approximate surface area is 137 Å². The first kappa shape index (κ1) is 17.0. The maximum atomic E-state index is 11.4. The molecule has 1 unspecified atom stereocenters. The molecule has 1 atom stereocenters. The summed E-state index contributed by atoms with van der Waals surface area (Å²) in [6.07, 6.45) is 6.57. The Morgan fingerprint density at radius 2 is 1.87 bits per heavy atom. The molecule has 4 nitrogen and oxygen atoms in total. The van der Waals surface area contributed by atoms with Gasteiger partial charge in [0.1, 0.15) is 18.5 Å². The highest BCUT2D eigenvalue weighted by Crippen LogP contribution is 2.29. The van der Waals surface area contributed by atoms with Gasteiger partial charge in [0.15, 0.2) is 0 Å². The molecule has 0 aromatic heterocycles. The molecule has 2 rings (SSSR count). The number of hydrogen-bond donors (Lipinski definition) is 1. The first-order valence-corrected chi connectivity index (χ1v) is 7.69. The Kier molecular flexibility index (Phi) is 6.18. The number of epoxide rings is 1. The van der Waals surface area contributed by atoms with Crippen molar-refractivity contribution in [3.8, 4) is 5.75 Å². The van der Waals surface area contributed by atoms with E-state index >= 15 is 0 Å². The molecule has 1 fully saturated rings. The van der Waals surface area contributed by atoms with Gasteiger partial charge in [-0.25, -0.2) is 0 Å². The Balaban J connectivity index is 2.25. The molecule has 0 spiro atoms. The van der Waals surface area contributed by atoms with Crippen molar-refractivity contribution in [3.63, 3.8) is 0 Å². The fourth-order valence-electron chi connectivity index (χ4n) is 2.33. The zero-order valence-corrected chi connectivity index (χ0v) is 13.3. The molecule has 1 aromatic rings. The molecule has 122 valence electrons. The summed E-state index contributed by atoms with van der Waals surface area (Å²) in [5.41, 5.74) is 3.13. The minimum atomic E-state index is -0.188. The summed E-state index contributed by atoms with van der Waals surface area (Å²) in [6, 6.07) is 4.08. The number of carbonyl (C=O) groups excluding carboxylic acids is 1. The van der Waals surface area contributed by atoms with Crippen molar-refractivity contribution in [3.05, 3.63) is 66.8 Å². The van der Waals surface area contributed by atoms with Gasteiger partial charge in [0.05, 0.1) is 6.61 Å². The van der Waals surface area contributed by atoms with Crippen molar-refractivity contribution in [2.45, 2.75) is 25.5 Å². The Morgan fingerprint density at radius 1 is 1.26 bits per heavy atom. The van der Waals surface area contributed by atoms with E-state index in [0.29, 0.717) is 26.0 Å². The highest BCUT2D eigenvalue weighted by molar-refractivity contribution is 5.86.